The monoisotopic (exact) mass is 329 g/mol. The van der Waals surface area contributed by atoms with Crippen molar-refractivity contribution in [2.24, 2.45) is 5.92 Å². The molecule has 2 rings (SSSR count). The zero-order valence-corrected chi connectivity index (χ0v) is 13.0. The van der Waals surface area contributed by atoms with E-state index in [4.69, 9.17) is 4.74 Å². The Morgan fingerprint density at radius 3 is 2.79 bits per heavy atom. The van der Waals surface area contributed by atoms with Crippen LogP contribution in [-0.4, -0.2) is 19.8 Å². The van der Waals surface area contributed by atoms with Crippen molar-refractivity contribution in [1.29, 1.82) is 0 Å². The van der Waals surface area contributed by atoms with Gasteiger partial charge in [0.15, 0.2) is 0 Å². The molecule has 1 aromatic rings. The summed E-state index contributed by atoms with van der Waals surface area (Å²) in [5.74, 6) is 0.497. The fourth-order valence-electron chi connectivity index (χ4n) is 2.72. The minimum atomic E-state index is -0.210. The van der Waals surface area contributed by atoms with Gasteiger partial charge in [-0.05, 0) is 72.8 Å². The molecule has 1 saturated carbocycles. The Labute approximate surface area is 122 Å². The number of nitrogens with one attached hydrogen (secondary N) is 1. The summed E-state index contributed by atoms with van der Waals surface area (Å²) >= 11 is 3.25. The average molecular weight is 330 g/mol. The molecule has 1 fully saturated rings. The molecule has 1 aliphatic rings. The van der Waals surface area contributed by atoms with Crippen molar-refractivity contribution in [2.45, 2.75) is 38.3 Å². The number of hydrogen-bond acceptors (Lipinski definition) is 2. The first-order valence-electron chi connectivity index (χ1n) is 6.87. The van der Waals surface area contributed by atoms with Crippen LogP contribution in [0.3, 0.4) is 0 Å². The Balaban J connectivity index is 1.92. The summed E-state index contributed by atoms with van der Waals surface area (Å²) in [5, 5.41) is 3.33. The van der Waals surface area contributed by atoms with Gasteiger partial charge in [0.1, 0.15) is 5.82 Å². The number of benzene rings is 1. The van der Waals surface area contributed by atoms with Gasteiger partial charge < -0.3 is 10.1 Å². The summed E-state index contributed by atoms with van der Waals surface area (Å²) < 4.78 is 19.4. The van der Waals surface area contributed by atoms with Crippen molar-refractivity contribution in [3.63, 3.8) is 0 Å². The lowest BCUT2D eigenvalue weighted by Crippen LogP contribution is -2.34. The average Bonchev–Trinajstić information content (AvgIpc) is 2.36. The predicted molar refractivity (Wildman–Crippen MR) is 78.7 cm³/mol. The van der Waals surface area contributed by atoms with Crippen LogP contribution in [0.2, 0.25) is 0 Å². The lowest BCUT2D eigenvalue weighted by molar-refractivity contribution is -0.0289. The van der Waals surface area contributed by atoms with E-state index < -0.39 is 0 Å². The maximum absolute atomic E-state index is 13.3. The molecule has 0 amide bonds. The van der Waals surface area contributed by atoms with E-state index in [-0.39, 0.29) is 11.9 Å². The summed E-state index contributed by atoms with van der Waals surface area (Å²) in [5.41, 5.74) is 1.13. The maximum Gasteiger partial charge on any atom is 0.137 e. The minimum Gasteiger partial charge on any atom is -0.378 e. The van der Waals surface area contributed by atoms with Crippen LogP contribution in [0, 0.1) is 11.7 Å². The highest BCUT2D eigenvalue weighted by atomic mass is 79.9. The number of hydrogen-bond donors (Lipinski definition) is 1. The van der Waals surface area contributed by atoms with Crippen LogP contribution in [0.5, 0.6) is 0 Å². The number of halogens is 2. The van der Waals surface area contributed by atoms with Crippen molar-refractivity contribution >= 4 is 15.9 Å². The Morgan fingerprint density at radius 1 is 1.47 bits per heavy atom. The molecule has 106 valence electrons. The first-order chi connectivity index (χ1) is 9.13. The van der Waals surface area contributed by atoms with Crippen LogP contribution in [-0.2, 0) is 4.74 Å². The third-order valence-electron chi connectivity index (χ3n) is 3.86. The van der Waals surface area contributed by atoms with Gasteiger partial charge in [0.05, 0.1) is 10.6 Å². The second-order valence-electron chi connectivity index (χ2n) is 5.17. The Kier molecular flexibility index (Phi) is 5.37. The van der Waals surface area contributed by atoms with E-state index in [1.54, 1.807) is 0 Å². The van der Waals surface area contributed by atoms with Crippen LogP contribution in [0.25, 0.3) is 0 Å². The maximum atomic E-state index is 13.3. The SMILES string of the molecule is CCOC1CC(CC(NC)c2ccc(F)c(Br)c2)C1. The summed E-state index contributed by atoms with van der Waals surface area (Å²) in [6.07, 6.45) is 3.83. The van der Waals surface area contributed by atoms with Crippen molar-refractivity contribution < 1.29 is 9.13 Å². The van der Waals surface area contributed by atoms with Crippen LogP contribution >= 0.6 is 15.9 Å². The molecule has 0 aromatic heterocycles. The standard InChI is InChI=1S/C15H21BrFNO/c1-3-19-12-6-10(7-12)8-15(18-2)11-4-5-14(17)13(16)9-11/h4-5,9-10,12,15,18H,3,6-8H2,1-2H3. The fourth-order valence-corrected chi connectivity index (χ4v) is 3.12. The zero-order chi connectivity index (χ0) is 13.8. The Bertz CT molecular complexity index is 421. The van der Waals surface area contributed by atoms with Crippen LogP contribution in [0.1, 0.15) is 37.8 Å². The second-order valence-corrected chi connectivity index (χ2v) is 6.02. The molecule has 0 saturated heterocycles. The van der Waals surface area contributed by atoms with Crippen molar-refractivity contribution in [3.05, 3.63) is 34.1 Å². The summed E-state index contributed by atoms with van der Waals surface area (Å²) in [6.45, 7) is 2.84. The van der Waals surface area contributed by atoms with Gasteiger partial charge in [0.25, 0.3) is 0 Å². The Hall–Kier alpha value is -0.450. The van der Waals surface area contributed by atoms with Gasteiger partial charge in [-0.3, -0.25) is 0 Å². The van der Waals surface area contributed by atoms with Gasteiger partial charge in [0, 0.05) is 12.6 Å². The first kappa shape index (κ1) is 14.9. The lowest BCUT2D eigenvalue weighted by atomic mass is 9.77. The molecule has 19 heavy (non-hydrogen) atoms. The predicted octanol–water partition coefficient (Wildman–Crippen LogP) is 4.05. The molecule has 0 bridgehead atoms. The zero-order valence-electron chi connectivity index (χ0n) is 11.5. The van der Waals surface area contributed by atoms with Gasteiger partial charge in [-0.1, -0.05) is 6.07 Å². The van der Waals surface area contributed by atoms with Gasteiger partial charge in [-0.25, -0.2) is 4.39 Å². The first-order valence-corrected chi connectivity index (χ1v) is 7.67. The highest BCUT2D eigenvalue weighted by Gasteiger charge is 2.31. The molecule has 0 radical (unpaired) electrons. The molecular weight excluding hydrogens is 309 g/mol. The fraction of sp³-hybridized carbons (Fsp3) is 0.600. The smallest absolute Gasteiger partial charge is 0.137 e. The summed E-state index contributed by atoms with van der Waals surface area (Å²) in [7, 11) is 1.96. The molecule has 4 heteroatoms. The highest BCUT2D eigenvalue weighted by molar-refractivity contribution is 9.10. The van der Waals surface area contributed by atoms with E-state index in [0.29, 0.717) is 16.5 Å². The minimum absolute atomic E-state index is 0.210. The number of ether oxygens (including phenoxy) is 1. The van der Waals surface area contributed by atoms with E-state index in [0.717, 1.165) is 31.4 Å². The van der Waals surface area contributed by atoms with Crippen LogP contribution < -0.4 is 5.32 Å². The van der Waals surface area contributed by atoms with Gasteiger partial charge in [0.2, 0.25) is 0 Å². The molecule has 0 aliphatic heterocycles. The van der Waals surface area contributed by atoms with E-state index in [1.165, 1.54) is 6.07 Å². The largest absolute Gasteiger partial charge is 0.378 e. The van der Waals surface area contributed by atoms with E-state index >= 15 is 0 Å². The second kappa shape index (κ2) is 6.82. The molecule has 1 aliphatic carbocycles. The summed E-state index contributed by atoms with van der Waals surface area (Å²) in [6, 6.07) is 5.53. The topological polar surface area (TPSA) is 21.3 Å². The van der Waals surface area contributed by atoms with E-state index in [2.05, 4.69) is 21.2 Å². The third-order valence-corrected chi connectivity index (χ3v) is 4.47. The molecule has 0 spiro atoms. The van der Waals surface area contributed by atoms with Crippen LogP contribution in [0.15, 0.2) is 22.7 Å². The molecule has 0 heterocycles. The quantitative estimate of drug-likeness (QED) is 0.849. The molecule has 1 unspecified atom stereocenters. The molecule has 1 atom stereocenters. The van der Waals surface area contributed by atoms with Crippen molar-refractivity contribution in [2.75, 3.05) is 13.7 Å². The molecule has 1 N–H and O–H groups in total. The number of rotatable bonds is 6. The van der Waals surface area contributed by atoms with Crippen molar-refractivity contribution in [1.82, 2.24) is 5.32 Å². The Morgan fingerprint density at radius 2 is 2.21 bits per heavy atom. The molecule has 2 nitrogen and oxygen atoms in total. The molecular formula is C15H21BrFNO. The third kappa shape index (κ3) is 3.77. The van der Waals surface area contributed by atoms with Gasteiger partial charge >= 0.3 is 0 Å². The van der Waals surface area contributed by atoms with E-state index in [9.17, 15) is 4.39 Å². The molecule has 1 aromatic carbocycles. The highest BCUT2D eigenvalue weighted by Crippen LogP contribution is 2.37. The summed E-state index contributed by atoms with van der Waals surface area (Å²) in [4.78, 5) is 0. The van der Waals surface area contributed by atoms with Gasteiger partial charge in [-0.2, -0.15) is 0 Å². The van der Waals surface area contributed by atoms with E-state index in [1.807, 2.05) is 26.1 Å². The van der Waals surface area contributed by atoms with Crippen molar-refractivity contribution in [3.8, 4) is 0 Å². The van der Waals surface area contributed by atoms with Gasteiger partial charge in [-0.15, -0.1) is 0 Å². The normalized spacial score (nSPS) is 24.0. The van der Waals surface area contributed by atoms with Crippen LogP contribution in [0.4, 0.5) is 4.39 Å². The lowest BCUT2D eigenvalue weighted by Gasteiger charge is -2.37.